The van der Waals surface area contributed by atoms with Crippen molar-refractivity contribution >= 4 is 11.7 Å². The summed E-state index contributed by atoms with van der Waals surface area (Å²) in [5.41, 5.74) is 21.9. The van der Waals surface area contributed by atoms with Gasteiger partial charge in [-0.1, -0.05) is 24.3 Å². The standard InChI is InChI=1S/C23H28N4O3/c1-14-11-15(8-9-17(14)23(29)30)16-5-4-10-27(13-16)20(22(25)26)12-19(24)18-6-2-3-7-21(18)28/h2-3,6-9,11-12,16,28H,4-5,10,13,24-26H2,1H3,(H,29,30)/b19-12-. The van der Waals surface area contributed by atoms with Gasteiger partial charge in [0.15, 0.2) is 0 Å². The van der Waals surface area contributed by atoms with Gasteiger partial charge in [-0.25, -0.2) is 4.79 Å². The first-order valence-electron chi connectivity index (χ1n) is 9.87. The van der Waals surface area contributed by atoms with Crippen LogP contribution >= 0.6 is 0 Å². The molecule has 1 heterocycles. The fraction of sp³-hybridized carbons (Fsp3) is 0.261. The van der Waals surface area contributed by atoms with Crippen molar-refractivity contribution in [3.05, 3.63) is 82.3 Å². The second-order valence-electron chi connectivity index (χ2n) is 7.62. The highest BCUT2D eigenvalue weighted by molar-refractivity contribution is 5.89. The number of allylic oxidation sites excluding steroid dienone is 1. The van der Waals surface area contributed by atoms with E-state index in [0.717, 1.165) is 30.5 Å². The number of rotatable bonds is 5. The SMILES string of the molecule is Cc1cc(C2CCCN(C(/C=C(\N)c3ccccc3O)=C(N)N)C2)ccc1C(=O)O. The molecule has 0 saturated carbocycles. The van der Waals surface area contributed by atoms with E-state index in [0.29, 0.717) is 29.1 Å². The molecule has 1 atom stereocenters. The Labute approximate surface area is 176 Å². The van der Waals surface area contributed by atoms with E-state index < -0.39 is 5.97 Å². The van der Waals surface area contributed by atoms with E-state index in [1.807, 2.05) is 19.1 Å². The van der Waals surface area contributed by atoms with Crippen LogP contribution < -0.4 is 17.2 Å². The molecule has 2 aromatic rings. The van der Waals surface area contributed by atoms with Gasteiger partial charge in [0, 0.05) is 30.3 Å². The number of hydrogen-bond donors (Lipinski definition) is 5. The van der Waals surface area contributed by atoms with Crippen LogP contribution in [0.25, 0.3) is 5.70 Å². The highest BCUT2D eigenvalue weighted by Crippen LogP contribution is 2.31. The molecule has 0 aliphatic carbocycles. The third-order valence-electron chi connectivity index (χ3n) is 5.52. The number of aromatic hydroxyl groups is 1. The molecule has 3 rings (SSSR count). The van der Waals surface area contributed by atoms with Gasteiger partial charge in [0.2, 0.25) is 0 Å². The highest BCUT2D eigenvalue weighted by atomic mass is 16.4. The largest absolute Gasteiger partial charge is 0.507 e. The van der Waals surface area contributed by atoms with Crippen molar-refractivity contribution in [2.24, 2.45) is 17.2 Å². The molecule has 8 N–H and O–H groups in total. The molecule has 1 aliphatic rings. The summed E-state index contributed by atoms with van der Waals surface area (Å²) >= 11 is 0. The van der Waals surface area contributed by atoms with Crippen LogP contribution in [-0.2, 0) is 0 Å². The van der Waals surface area contributed by atoms with E-state index >= 15 is 0 Å². The topological polar surface area (TPSA) is 139 Å². The maximum absolute atomic E-state index is 11.3. The summed E-state index contributed by atoms with van der Waals surface area (Å²) in [5.74, 6) is -0.456. The maximum Gasteiger partial charge on any atom is 0.335 e. The van der Waals surface area contributed by atoms with E-state index in [1.54, 1.807) is 36.4 Å². The van der Waals surface area contributed by atoms with Crippen LogP contribution in [0.3, 0.4) is 0 Å². The summed E-state index contributed by atoms with van der Waals surface area (Å²) < 4.78 is 0. The molecule has 0 aromatic heterocycles. The Kier molecular flexibility index (Phi) is 6.20. The highest BCUT2D eigenvalue weighted by Gasteiger charge is 2.24. The Morgan fingerprint density at radius 2 is 1.87 bits per heavy atom. The van der Waals surface area contributed by atoms with Crippen LogP contribution in [0.2, 0.25) is 0 Å². The van der Waals surface area contributed by atoms with Crippen molar-refractivity contribution in [1.29, 1.82) is 0 Å². The van der Waals surface area contributed by atoms with Gasteiger partial charge >= 0.3 is 5.97 Å². The molecule has 0 bridgehead atoms. The molecule has 30 heavy (non-hydrogen) atoms. The average molecular weight is 409 g/mol. The number of likely N-dealkylation sites (tertiary alicyclic amines) is 1. The van der Waals surface area contributed by atoms with Crippen LogP contribution in [0.4, 0.5) is 0 Å². The van der Waals surface area contributed by atoms with Crippen molar-refractivity contribution in [2.45, 2.75) is 25.7 Å². The molecule has 158 valence electrons. The molecule has 1 aliphatic heterocycles. The fourth-order valence-corrected chi connectivity index (χ4v) is 3.95. The number of carboxylic acids is 1. The molecule has 0 spiro atoms. The second kappa shape index (κ2) is 8.82. The third kappa shape index (κ3) is 4.51. The van der Waals surface area contributed by atoms with Crippen LogP contribution in [0.1, 0.15) is 45.8 Å². The summed E-state index contributed by atoms with van der Waals surface area (Å²) in [4.78, 5) is 13.4. The van der Waals surface area contributed by atoms with Crippen LogP contribution in [0.15, 0.2) is 60.1 Å². The molecular weight excluding hydrogens is 380 g/mol. The second-order valence-corrected chi connectivity index (χ2v) is 7.62. The minimum Gasteiger partial charge on any atom is -0.507 e. The number of benzene rings is 2. The van der Waals surface area contributed by atoms with Gasteiger partial charge in [0.25, 0.3) is 0 Å². The van der Waals surface area contributed by atoms with Crippen molar-refractivity contribution in [3.8, 4) is 5.75 Å². The lowest BCUT2D eigenvalue weighted by molar-refractivity contribution is 0.0696. The average Bonchev–Trinajstić information content (AvgIpc) is 2.71. The number of phenols is 1. The Hall–Kier alpha value is -3.61. The quantitative estimate of drug-likeness (QED) is 0.479. The predicted octanol–water partition coefficient (Wildman–Crippen LogP) is 2.66. The molecule has 2 aromatic carbocycles. The summed E-state index contributed by atoms with van der Waals surface area (Å²) in [6, 6.07) is 12.3. The van der Waals surface area contributed by atoms with E-state index in [1.165, 1.54) is 0 Å². The van der Waals surface area contributed by atoms with Gasteiger partial charge in [-0.05, 0) is 55.2 Å². The van der Waals surface area contributed by atoms with Gasteiger partial charge in [-0.2, -0.15) is 0 Å². The van der Waals surface area contributed by atoms with Crippen molar-refractivity contribution < 1.29 is 15.0 Å². The van der Waals surface area contributed by atoms with E-state index in [4.69, 9.17) is 17.2 Å². The number of nitrogens with zero attached hydrogens (tertiary/aromatic N) is 1. The minimum absolute atomic E-state index is 0.0895. The minimum atomic E-state index is -0.921. The summed E-state index contributed by atoms with van der Waals surface area (Å²) in [5, 5.41) is 19.3. The first kappa shape index (κ1) is 21.1. The Morgan fingerprint density at radius 3 is 2.50 bits per heavy atom. The zero-order valence-corrected chi connectivity index (χ0v) is 17.0. The fourth-order valence-electron chi connectivity index (χ4n) is 3.95. The summed E-state index contributed by atoms with van der Waals surface area (Å²) in [6.07, 6.45) is 3.62. The molecule has 1 saturated heterocycles. The van der Waals surface area contributed by atoms with E-state index in [2.05, 4.69) is 4.90 Å². The van der Waals surface area contributed by atoms with Crippen LogP contribution in [0, 0.1) is 6.92 Å². The molecule has 1 unspecified atom stereocenters. The maximum atomic E-state index is 11.3. The number of aryl methyl sites for hydroxylation is 1. The number of carbonyl (C=O) groups is 1. The number of carboxylic acid groups (broad SMARTS) is 1. The Morgan fingerprint density at radius 1 is 1.13 bits per heavy atom. The zero-order valence-electron chi connectivity index (χ0n) is 17.0. The number of aromatic carboxylic acids is 1. The number of piperidine rings is 1. The Balaban J connectivity index is 1.86. The molecule has 7 nitrogen and oxygen atoms in total. The molecule has 1 fully saturated rings. The smallest absolute Gasteiger partial charge is 0.335 e. The van der Waals surface area contributed by atoms with Gasteiger partial charge in [0.1, 0.15) is 11.6 Å². The van der Waals surface area contributed by atoms with Crippen molar-refractivity contribution in [3.63, 3.8) is 0 Å². The van der Waals surface area contributed by atoms with E-state index in [9.17, 15) is 15.0 Å². The van der Waals surface area contributed by atoms with Crippen molar-refractivity contribution in [1.82, 2.24) is 4.90 Å². The molecule has 0 radical (unpaired) electrons. The summed E-state index contributed by atoms with van der Waals surface area (Å²) in [7, 11) is 0. The first-order valence-corrected chi connectivity index (χ1v) is 9.87. The van der Waals surface area contributed by atoms with Crippen LogP contribution in [0.5, 0.6) is 5.75 Å². The van der Waals surface area contributed by atoms with Gasteiger partial charge in [-0.3, -0.25) is 0 Å². The lowest BCUT2D eigenvalue weighted by atomic mass is 9.88. The zero-order chi connectivity index (χ0) is 21.8. The van der Waals surface area contributed by atoms with Crippen LogP contribution in [-0.4, -0.2) is 34.2 Å². The van der Waals surface area contributed by atoms with Gasteiger partial charge < -0.3 is 32.3 Å². The molecule has 7 heteroatoms. The molecular formula is C23H28N4O3. The first-order chi connectivity index (χ1) is 14.3. The number of para-hydroxylation sites is 1. The number of hydrogen-bond acceptors (Lipinski definition) is 6. The Bertz CT molecular complexity index is 1010. The monoisotopic (exact) mass is 408 g/mol. The third-order valence-corrected chi connectivity index (χ3v) is 5.52. The van der Waals surface area contributed by atoms with Crippen molar-refractivity contribution in [2.75, 3.05) is 13.1 Å². The normalized spacial score (nSPS) is 16.9. The molecule has 0 amide bonds. The number of nitrogens with two attached hydrogens (primary N) is 3. The lowest BCUT2D eigenvalue weighted by Crippen LogP contribution is -2.36. The predicted molar refractivity (Wildman–Crippen MR) is 117 cm³/mol. The lowest BCUT2D eigenvalue weighted by Gasteiger charge is -2.36. The number of phenolic OH excluding ortho intramolecular Hbond substituents is 1. The van der Waals surface area contributed by atoms with E-state index in [-0.39, 0.29) is 17.5 Å². The summed E-state index contributed by atoms with van der Waals surface area (Å²) in [6.45, 7) is 3.27. The van der Waals surface area contributed by atoms with Gasteiger partial charge in [-0.15, -0.1) is 0 Å². The van der Waals surface area contributed by atoms with Gasteiger partial charge in [0.05, 0.1) is 11.3 Å².